The van der Waals surface area contributed by atoms with Crippen LogP contribution in [0.25, 0.3) is 11.3 Å². The van der Waals surface area contributed by atoms with E-state index in [-0.39, 0.29) is 34.4 Å². The third kappa shape index (κ3) is 7.09. The average molecular weight is 577 g/mol. The summed E-state index contributed by atoms with van der Waals surface area (Å²) in [5, 5.41) is 8.61. The number of benzene rings is 1. The smallest absolute Gasteiger partial charge is 0.418 e. The Balaban J connectivity index is 1.58. The first-order valence-corrected chi connectivity index (χ1v) is 14.6. The van der Waals surface area contributed by atoms with Crippen LogP contribution in [0.5, 0.6) is 0 Å². The van der Waals surface area contributed by atoms with Crippen molar-refractivity contribution in [3.63, 3.8) is 0 Å². The summed E-state index contributed by atoms with van der Waals surface area (Å²) in [5.41, 5.74) is -0.382. The Labute approximate surface area is 231 Å². The zero-order chi connectivity index (χ0) is 28.9. The molecule has 3 aromatic rings. The number of pyridine rings is 2. The van der Waals surface area contributed by atoms with Crippen LogP contribution in [-0.4, -0.2) is 42.6 Å². The molecular weight excluding hydrogens is 545 g/mol. The minimum absolute atomic E-state index is 0.109. The minimum atomic E-state index is -4.68. The topological polar surface area (TPSA) is 112 Å². The van der Waals surface area contributed by atoms with Gasteiger partial charge in [0.25, 0.3) is 10.0 Å². The third-order valence-electron chi connectivity index (χ3n) is 6.92. The van der Waals surface area contributed by atoms with Crippen LogP contribution >= 0.6 is 0 Å². The van der Waals surface area contributed by atoms with E-state index < -0.39 is 27.7 Å². The molecule has 0 spiro atoms. The molecule has 214 valence electrons. The number of carboxylic acids is 1. The number of hydrogen-bond donors (Lipinski definition) is 2. The number of sulfonamides is 1. The first-order chi connectivity index (χ1) is 19.0. The largest absolute Gasteiger partial charge is 0.481 e. The standard InChI is InChI=1S/C28H31F3N4O4S/c1-2-20-10-3-4-11-21(20)27-22(28(29,30)31)15-16-23(32-27)34-40(38,39)25-13-6-12-24(33-25)35-17-7-9-19(18-35)8-5-14-26(36)37/h3-4,6,10-13,15-16,19H,2,5,7-9,14,17-18H2,1H3,(H,32,34)(H,36,37). The molecule has 1 atom stereocenters. The van der Waals surface area contributed by atoms with Gasteiger partial charge in [0.2, 0.25) is 0 Å². The maximum atomic E-state index is 13.8. The molecule has 1 aliphatic heterocycles. The molecule has 1 aliphatic rings. The molecular formula is C28H31F3N4O4S. The van der Waals surface area contributed by atoms with Crippen molar-refractivity contribution in [2.75, 3.05) is 22.7 Å². The van der Waals surface area contributed by atoms with Gasteiger partial charge in [0.1, 0.15) is 11.6 Å². The van der Waals surface area contributed by atoms with Crippen molar-refractivity contribution in [1.82, 2.24) is 9.97 Å². The number of halogens is 3. The second-order valence-electron chi connectivity index (χ2n) is 9.78. The first kappa shape index (κ1) is 29.3. The van der Waals surface area contributed by atoms with Gasteiger partial charge in [-0.3, -0.25) is 9.52 Å². The molecule has 0 bridgehead atoms. The minimum Gasteiger partial charge on any atom is -0.481 e. The van der Waals surface area contributed by atoms with E-state index in [0.29, 0.717) is 37.3 Å². The quantitative estimate of drug-likeness (QED) is 0.305. The van der Waals surface area contributed by atoms with E-state index in [1.165, 1.54) is 12.1 Å². The van der Waals surface area contributed by atoms with Crippen molar-refractivity contribution in [3.05, 3.63) is 65.7 Å². The van der Waals surface area contributed by atoms with Gasteiger partial charge >= 0.3 is 12.1 Å². The highest BCUT2D eigenvalue weighted by molar-refractivity contribution is 7.92. The van der Waals surface area contributed by atoms with Crippen LogP contribution in [0.1, 0.15) is 50.2 Å². The zero-order valence-electron chi connectivity index (χ0n) is 22.0. The van der Waals surface area contributed by atoms with Crippen molar-refractivity contribution in [2.45, 2.75) is 56.7 Å². The first-order valence-electron chi connectivity index (χ1n) is 13.1. The van der Waals surface area contributed by atoms with E-state index in [9.17, 15) is 26.4 Å². The van der Waals surface area contributed by atoms with E-state index in [2.05, 4.69) is 14.7 Å². The van der Waals surface area contributed by atoms with Crippen LogP contribution in [0, 0.1) is 5.92 Å². The van der Waals surface area contributed by atoms with Gasteiger partial charge in [0.05, 0.1) is 11.3 Å². The summed E-state index contributed by atoms with van der Waals surface area (Å²) in [5.74, 6) is -0.348. The van der Waals surface area contributed by atoms with Gasteiger partial charge in [-0.25, -0.2) is 9.97 Å². The lowest BCUT2D eigenvalue weighted by Gasteiger charge is -2.33. The molecule has 2 aromatic heterocycles. The second-order valence-corrected chi connectivity index (χ2v) is 11.4. The van der Waals surface area contributed by atoms with E-state index in [4.69, 9.17) is 5.11 Å². The van der Waals surface area contributed by atoms with Crippen LogP contribution in [0.15, 0.2) is 59.6 Å². The van der Waals surface area contributed by atoms with Gasteiger partial charge in [-0.15, -0.1) is 0 Å². The summed E-state index contributed by atoms with van der Waals surface area (Å²) in [6, 6.07) is 13.0. The Hall–Kier alpha value is -3.67. The third-order valence-corrected chi connectivity index (χ3v) is 8.18. The second kappa shape index (κ2) is 12.2. The number of piperidine rings is 1. The lowest BCUT2D eigenvalue weighted by molar-refractivity contribution is -0.138. The fourth-order valence-electron chi connectivity index (χ4n) is 4.98. The summed E-state index contributed by atoms with van der Waals surface area (Å²) in [6.45, 7) is 3.13. The highest BCUT2D eigenvalue weighted by atomic mass is 32.2. The maximum Gasteiger partial charge on any atom is 0.418 e. The van der Waals surface area contributed by atoms with Crippen molar-refractivity contribution in [1.29, 1.82) is 0 Å². The molecule has 0 radical (unpaired) electrons. The number of hydrogen-bond acceptors (Lipinski definition) is 6. The van der Waals surface area contributed by atoms with Crippen molar-refractivity contribution >= 4 is 27.6 Å². The lowest BCUT2D eigenvalue weighted by atomic mass is 9.93. The molecule has 40 heavy (non-hydrogen) atoms. The average Bonchev–Trinajstić information content (AvgIpc) is 2.92. The highest BCUT2D eigenvalue weighted by Gasteiger charge is 2.35. The van der Waals surface area contributed by atoms with Crippen LogP contribution in [0.3, 0.4) is 0 Å². The highest BCUT2D eigenvalue weighted by Crippen LogP contribution is 2.38. The maximum absolute atomic E-state index is 13.8. The molecule has 3 heterocycles. The van der Waals surface area contributed by atoms with Crippen LogP contribution in [0.4, 0.5) is 24.8 Å². The van der Waals surface area contributed by atoms with Gasteiger partial charge in [-0.05, 0) is 67.9 Å². The molecule has 12 heteroatoms. The van der Waals surface area contributed by atoms with Crippen LogP contribution in [0.2, 0.25) is 0 Å². The van der Waals surface area contributed by atoms with E-state index in [1.807, 2.05) is 11.8 Å². The molecule has 1 aromatic carbocycles. The number of anilines is 2. The number of aliphatic carboxylic acids is 1. The number of aromatic nitrogens is 2. The predicted octanol–water partition coefficient (Wildman–Crippen LogP) is 6.00. The Morgan fingerprint density at radius 3 is 2.60 bits per heavy atom. The van der Waals surface area contributed by atoms with E-state index in [0.717, 1.165) is 31.4 Å². The van der Waals surface area contributed by atoms with Crippen molar-refractivity contribution in [3.8, 4) is 11.3 Å². The molecule has 8 nitrogen and oxygen atoms in total. The number of rotatable bonds is 10. The van der Waals surface area contributed by atoms with Gasteiger partial charge < -0.3 is 10.0 Å². The van der Waals surface area contributed by atoms with Crippen LogP contribution in [-0.2, 0) is 27.4 Å². The normalized spacial score (nSPS) is 16.1. The monoisotopic (exact) mass is 576 g/mol. The van der Waals surface area contributed by atoms with Gasteiger partial charge in [0, 0.05) is 25.1 Å². The molecule has 0 aliphatic carbocycles. The number of nitrogens with one attached hydrogen (secondary N) is 1. The Kier molecular flexibility index (Phi) is 8.97. The molecule has 1 saturated heterocycles. The summed E-state index contributed by atoms with van der Waals surface area (Å²) < 4.78 is 70.3. The van der Waals surface area contributed by atoms with Gasteiger partial charge in [0.15, 0.2) is 5.03 Å². The Morgan fingerprint density at radius 2 is 1.88 bits per heavy atom. The molecule has 4 rings (SSSR count). The fourth-order valence-corrected chi connectivity index (χ4v) is 5.95. The van der Waals surface area contributed by atoms with E-state index in [1.54, 1.807) is 30.3 Å². The zero-order valence-corrected chi connectivity index (χ0v) is 22.8. The van der Waals surface area contributed by atoms with Crippen molar-refractivity contribution < 1.29 is 31.5 Å². The number of nitrogens with zero attached hydrogens (tertiary/aromatic N) is 3. The lowest BCUT2D eigenvalue weighted by Crippen LogP contribution is -2.36. The molecule has 1 fully saturated rings. The summed E-state index contributed by atoms with van der Waals surface area (Å²) in [6.07, 6.45) is -0.951. The van der Waals surface area contributed by atoms with Crippen LogP contribution < -0.4 is 9.62 Å². The predicted molar refractivity (Wildman–Crippen MR) is 146 cm³/mol. The Morgan fingerprint density at radius 1 is 1.10 bits per heavy atom. The Bertz CT molecular complexity index is 1460. The number of carboxylic acid groups (broad SMARTS) is 1. The molecule has 1 unspecified atom stereocenters. The molecule has 0 amide bonds. The number of alkyl halides is 3. The van der Waals surface area contributed by atoms with Gasteiger partial charge in [-0.1, -0.05) is 37.3 Å². The SMILES string of the molecule is CCc1ccccc1-c1nc(NS(=O)(=O)c2cccc(N3CCCC(CCCC(=O)O)C3)n2)ccc1C(F)(F)F. The summed E-state index contributed by atoms with van der Waals surface area (Å²) in [4.78, 5) is 21.3. The summed E-state index contributed by atoms with van der Waals surface area (Å²) >= 11 is 0. The number of carbonyl (C=O) groups is 1. The summed E-state index contributed by atoms with van der Waals surface area (Å²) in [7, 11) is -4.27. The van der Waals surface area contributed by atoms with Crippen molar-refractivity contribution in [2.24, 2.45) is 5.92 Å². The fraction of sp³-hybridized carbons (Fsp3) is 0.393. The molecule has 2 N–H and O–H groups in total. The van der Waals surface area contributed by atoms with Gasteiger partial charge in [-0.2, -0.15) is 21.6 Å². The van der Waals surface area contributed by atoms with E-state index >= 15 is 0 Å². The molecule has 0 saturated carbocycles. The number of aryl methyl sites for hydroxylation is 1.